The van der Waals surface area contributed by atoms with Gasteiger partial charge in [-0.05, 0) is 30.3 Å². The number of imidazole rings is 1. The summed E-state index contributed by atoms with van der Waals surface area (Å²) in [6, 6.07) is 4.55. The molecule has 0 radical (unpaired) electrons. The molecule has 0 unspecified atom stereocenters. The number of aromatic nitrogens is 4. The van der Waals surface area contributed by atoms with Crippen molar-refractivity contribution in [2.24, 2.45) is 0 Å². The third-order valence-electron chi connectivity index (χ3n) is 4.00. The number of hydrogen-bond donors (Lipinski definition) is 0. The molecule has 11 heteroatoms. The molecule has 0 fully saturated rings. The number of fused-ring (bicyclic) bond motifs is 3. The first-order chi connectivity index (χ1) is 13.1. The van der Waals surface area contributed by atoms with Gasteiger partial charge in [-0.2, -0.15) is 26.3 Å². The average molecular weight is 400 g/mol. The second-order valence-electron chi connectivity index (χ2n) is 5.81. The fraction of sp³-hybridized carbons (Fsp3) is 0.118. The van der Waals surface area contributed by atoms with Crippen LogP contribution < -0.4 is 0 Å². The number of halogens is 7. The van der Waals surface area contributed by atoms with Crippen molar-refractivity contribution < 1.29 is 30.7 Å². The molecule has 0 amide bonds. The van der Waals surface area contributed by atoms with Gasteiger partial charge in [0.2, 0.25) is 0 Å². The SMILES string of the molecule is Fc1cccnc1-c1cn2c(ccc3c(C(F)(F)F)cc(C(F)(F)F)nc32)n1. The lowest BCUT2D eigenvalue weighted by Gasteiger charge is -2.14. The highest BCUT2D eigenvalue weighted by Crippen LogP contribution is 2.39. The molecule has 0 aliphatic carbocycles. The van der Waals surface area contributed by atoms with Crippen LogP contribution in [0.15, 0.2) is 42.7 Å². The topological polar surface area (TPSA) is 43.1 Å². The van der Waals surface area contributed by atoms with Crippen molar-refractivity contribution in [3.63, 3.8) is 0 Å². The van der Waals surface area contributed by atoms with Gasteiger partial charge in [-0.3, -0.25) is 9.38 Å². The quantitative estimate of drug-likeness (QED) is 0.417. The first-order valence-electron chi connectivity index (χ1n) is 7.64. The molecule has 4 rings (SSSR count). The minimum atomic E-state index is -5.09. The maximum atomic E-state index is 13.9. The molecule has 0 atom stereocenters. The smallest absolute Gasteiger partial charge is 0.283 e. The molecule has 28 heavy (non-hydrogen) atoms. The van der Waals surface area contributed by atoms with Crippen molar-refractivity contribution in [2.45, 2.75) is 12.4 Å². The summed E-state index contributed by atoms with van der Waals surface area (Å²) < 4.78 is 94.1. The van der Waals surface area contributed by atoms with Gasteiger partial charge in [0.05, 0.1) is 5.56 Å². The molecule has 4 aromatic rings. The summed E-state index contributed by atoms with van der Waals surface area (Å²) in [6.07, 6.45) is -7.75. The van der Waals surface area contributed by atoms with Gasteiger partial charge < -0.3 is 0 Å². The summed E-state index contributed by atoms with van der Waals surface area (Å²) in [5, 5.41) is -0.543. The Hall–Kier alpha value is -3.24. The Balaban J connectivity index is 2.08. The molecule has 0 saturated carbocycles. The van der Waals surface area contributed by atoms with Crippen LogP contribution >= 0.6 is 0 Å². The summed E-state index contributed by atoms with van der Waals surface area (Å²) in [6.45, 7) is 0. The molecular formula is C17H7F7N4. The van der Waals surface area contributed by atoms with E-state index in [9.17, 15) is 30.7 Å². The normalized spacial score (nSPS) is 12.8. The zero-order valence-corrected chi connectivity index (χ0v) is 13.5. The molecule has 4 nitrogen and oxygen atoms in total. The Morgan fingerprint density at radius 1 is 0.893 bits per heavy atom. The van der Waals surface area contributed by atoms with E-state index in [2.05, 4.69) is 15.0 Å². The predicted octanol–water partition coefficient (Wildman–Crippen LogP) is 5.12. The number of nitrogens with zero attached hydrogens (tertiary/aromatic N) is 4. The lowest BCUT2D eigenvalue weighted by atomic mass is 10.1. The third kappa shape index (κ3) is 2.92. The summed E-state index contributed by atoms with van der Waals surface area (Å²) in [7, 11) is 0. The minimum Gasteiger partial charge on any atom is -0.283 e. The number of rotatable bonds is 1. The molecule has 4 aromatic heterocycles. The van der Waals surface area contributed by atoms with E-state index in [4.69, 9.17) is 0 Å². The molecule has 0 aromatic carbocycles. The maximum absolute atomic E-state index is 13.9. The van der Waals surface area contributed by atoms with Gasteiger partial charge in [0.15, 0.2) is 5.82 Å². The van der Waals surface area contributed by atoms with Crippen LogP contribution in [0.4, 0.5) is 30.7 Å². The summed E-state index contributed by atoms with van der Waals surface area (Å²) >= 11 is 0. The first kappa shape index (κ1) is 18.1. The van der Waals surface area contributed by atoms with E-state index in [-0.39, 0.29) is 23.1 Å². The average Bonchev–Trinajstić information content (AvgIpc) is 3.04. The molecule has 4 heterocycles. The Bertz CT molecular complexity index is 1210. The highest BCUT2D eigenvalue weighted by atomic mass is 19.4. The monoisotopic (exact) mass is 400 g/mol. The van der Waals surface area contributed by atoms with Crippen molar-refractivity contribution in [1.82, 2.24) is 19.4 Å². The molecule has 0 bridgehead atoms. The zero-order valence-electron chi connectivity index (χ0n) is 13.5. The van der Waals surface area contributed by atoms with Crippen LogP contribution in [0.2, 0.25) is 0 Å². The first-order valence-corrected chi connectivity index (χ1v) is 7.64. The predicted molar refractivity (Wildman–Crippen MR) is 83.7 cm³/mol. The van der Waals surface area contributed by atoms with Crippen LogP contribution in [0.1, 0.15) is 11.3 Å². The highest BCUT2D eigenvalue weighted by Gasteiger charge is 2.39. The van der Waals surface area contributed by atoms with E-state index in [1.165, 1.54) is 18.3 Å². The summed E-state index contributed by atoms with van der Waals surface area (Å²) in [5.41, 5.74) is -4.03. The van der Waals surface area contributed by atoms with E-state index in [1.807, 2.05) is 0 Å². The van der Waals surface area contributed by atoms with E-state index < -0.39 is 40.5 Å². The van der Waals surface area contributed by atoms with Crippen LogP contribution in [-0.4, -0.2) is 19.4 Å². The van der Waals surface area contributed by atoms with Crippen LogP contribution in [0.5, 0.6) is 0 Å². The van der Waals surface area contributed by atoms with E-state index in [1.54, 1.807) is 0 Å². The molecule has 0 N–H and O–H groups in total. The second-order valence-corrected chi connectivity index (χ2v) is 5.81. The van der Waals surface area contributed by atoms with Gasteiger partial charge in [0, 0.05) is 17.8 Å². The van der Waals surface area contributed by atoms with E-state index in [0.717, 1.165) is 22.7 Å². The Morgan fingerprint density at radius 2 is 1.64 bits per heavy atom. The Kier molecular flexibility index (Phi) is 3.81. The maximum Gasteiger partial charge on any atom is 0.433 e. The van der Waals surface area contributed by atoms with Gasteiger partial charge in [-0.1, -0.05) is 0 Å². The Labute approximate surface area is 151 Å². The summed E-state index contributed by atoms with van der Waals surface area (Å²) in [5.74, 6) is -0.741. The third-order valence-corrected chi connectivity index (χ3v) is 4.00. The van der Waals surface area contributed by atoms with Crippen LogP contribution in [-0.2, 0) is 12.4 Å². The fourth-order valence-electron chi connectivity index (χ4n) is 2.80. The molecule has 0 spiro atoms. The number of alkyl halides is 6. The number of pyridine rings is 3. The van der Waals surface area contributed by atoms with Crippen LogP contribution in [0.25, 0.3) is 28.1 Å². The molecule has 144 valence electrons. The van der Waals surface area contributed by atoms with Crippen molar-refractivity contribution in [3.05, 3.63) is 59.8 Å². The van der Waals surface area contributed by atoms with Crippen LogP contribution in [0.3, 0.4) is 0 Å². The van der Waals surface area contributed by atoms with Crippen molar-refractivity contribution >= 4 is 16.7 Å². The molecule has 0 aliphatic rings. The van der Waals surface area contributed by atoms with Crippen LogP contribution in [0, 0.1) is 5.82 Å². The standard InChI is InChI=1S/C17H7F7N4/c18-10-2-1-5-25-14(10)11-7-28-13(26-11)4-3-8-9(16(19,20)21)6-12(17(22,23)24)27-15(8)28/h1-7H. The second kappa shape index (κ2) is 5.88. The minimum absolute atomic E-state index is 0.00694. The molecular weight excluding hydrogens is 393 g/mol. The zero-order chi connectivity index (χ0) is 20.3. The van der Waals surface area contributed by atoms with Gasteiger partial charge in [0.25, 0.3) is 0 Å². The lowest BCUT2D eigenvalue weighted by molar-refractivity contribution is -0.144. The van der Waals surface area contributed by atoms with Gasteiger partial charge in [-0.15, -0.1) is 0 Å². The number of hydrogen-bond acceptors (Lipinski definition) is 3. The van der Waals surface area contributed by atoms with Crippen molar-refractivity contribution in [3.8, 4) is 11.4 Å². The van der Waals surface area contributed by atoms with Gasteiger partial charge in [0.1, 0.15) is 28.4 Å². The molecule has 0 aliphatic heterocycles. The van der Waals surface area contributed by atoms with Gasteiger partial charge >= 0.3 is 12.4 Å². The Morgan fingerprint density at radius 3 is 2.29 bits per heavy atom. The van der Waals surface area contributed by atoms with Crippen molar-refractivity contribution in [2.75, 3.05) is 0 Å². The summed E-state index contributed by atoms with van der Waals surface area (Å²) in [4.78, 5) is 11.2. The van der Waals surface area contributed by atoms with Gasteiger partial charge in [-0.25, -0.2) is 14.4 Å². The van der Waals surface area contributed by atoms with E-state index in [0.29, 0.717) is 0 Å². The lowest BCUT2D eigenvalue weighted by Crippen LogP contribution is -2.14. The molecule has 0 saturated heterocycles. The van der Waals surface area contributed by atoms with E-state index >= 15 is 0 Å². The largest absolute Gasteiger partial charge is 0.433 e. The highest BCUT2D eigenvalue weighted by molar-refractivity contribution is 5.83. The fourth-order valence-corrected chi connectivity index (χ4v) is 2.80. The van der Waals surface area contributed by atoms with Crippen molar-refractivity contribution in [1.29, 1.82) is 0 Å².